The second-order valence-corrected chi connectivity index (χ2v) is 9.14. The van der Waals surface area contributed by atoms with E-state index < -0.39 is 0 Å². The van der Waals surface area contributed by atoms with Gasteiger partial charge in [-0.05, 0) is 76.4 Å². The number of hydrogen-bond donors (Lipinski definition) is 0. The van der Waals surface area contributed by atoms with E-state index in [2.05, 4.69) is 97.9 Å². The molecule has 1 heterocycles. The van der Waals surface area contributed by atoms with E-state index in [0.717, 1.165) is 6.42 Å². The number of allylic oxidation sites excluding steroid dienone is 1. The summed E-state index contributed by atoms with van der Waals surface area (Å²) < 4.78 is 0. The van der Waals surface area contributed by atoms with Gasteiger partial charge in [0.15, 0.2) is 0 Å². The van der Waals surface area contributed by atoms with Gasteiger partial charge in [-0.15, -0.1) is 11.3 Å². The van der Waals surface area contributed by atoms with Crippen molar-refractivity contribution >= 4 is 23.0 Å². The average Bonchev–Trinajstić information content (AvgIpc) is 3.46. The first-order chi connectivity index (χ1) is 14.8. The highest BCUT2D eigenvalue weighted by molar-refractivity contribution is 7.16. The predicted octanol–water partition coefficient (Wildman–Crippen LogP) is 8.52. The normalized spacial score (nSPS) is 12.6. The summed E-state index contributed by atoms with van der Waals surface area (Å²) in [4.78, 5) is 2.72. The fourth-order valence-corrected chi connectivity index (χ4v) is 5.30. The van der Waals surface area contributed by atoms with Crippen molar-refractivity contribution in [3.63, 3.8) is 0 Å². The Bertz CT molecular complexity index is 1180. The van der Waals surface area contributed by atoms with E-state index in [1.165, 1.54) is 68.0 Å². The highest BCUT2D eigenvalue weighted by atomic mass is 32.1. The molecule has 0 amide bonds. The molecule has 0 unspecified atom stereocenters. The number of thiophene rings is 1. The molecule has 0 nitrogen and oxygen atoms in total. The van der Waals surface area contributed by atoms with E-state index in [0.29, 0.717) is 0 Å². The lowest BCUT2D eigenvalue weighted by Crippen LogP contribution is -1.89. The zero-order chi connectivity index (χ0) is 20.3. The van der Waals surface area contributed by atoms with Crippen LogP contribution in [0.25, 0.3) is 33.2 Å². The molecule has 1 aromatic heterocycles. The Morgan fingerprint density at radius 3 is 2.33 bits per heavy atom. The molecule has 0 radical (unpaired) electrons. The van der Waals surface area contributed by atoms with Gasteiger partial charge in [-0.25, -0.2) is 0 Å². The molecule has 0 saturated heterocycles. The first-order valence-corrected chi connectivity index (χ1v) is 11.7. The monoisotopic (exact) mass is 406 g/mol. The maximum Gasteiger partial charge on any atom is 0.0349 e. The van der Waals surface area contributed by atoms with Crippen molar-refractivity contribution in [1.82, 2.24) is 0 Å². The summed E-state index contributed by atoms with van der Waals surface area (Å²) in [5.74, 6) is 0. The second-order valence-electron chi connectivity index (χ2n) is 8.06. The second kappa shape index (κ2) is 8.45. The maximum atomic E-state index is 2.41. The number of unbranched alkanes of at least 4 members (excludes halogenated alkanes) is 1. The number of benzene rings is 3. The van der Waals surface area contributed by atoms with Crippen LogP contribution in [0.4, 0.5) is 0 Å². The van der Waals surface area contributed by atoms with Gasteiger partial charge < -0.3 is 0 Å². The Morgan fingerprint density at radius 2 is 1.53 bits per heavy atom. The topological polar surface area (TPSA) is 0 Å². The van der Waals surface area contributed by atoms with Crippen LogP contribution in [0.5, 0.6) is 0 Å². The summed E-state index contributed by atoms with van der Waals surface area (Å²) in [5.41, 5.74) is 9.68. The van der Waals surface area contributed by atoms with Crippen molar-refractivity contribution in [3.05, 3.63) is 106 Å². The minimum Gasteiger partial charge on any atom is -0.136 e. The molecule has 1 aliphatic carbocycles. The van der Waals surface area contributed by atoms with Gasteiger partial charge in [-0.2, -0.15) is 0 Å². The van der Waals surface area contributed by atoms with Gasteiger partial charge in [-0.3, -0.25) is 0 Å². The van der Waals surface area contributed by atoms with Crippen molar-refractivity contribution in [3.8, 4) is 21.6 Å². The molecule has 0 bridgehead atoms. The fraction of sp³-hybridized carbons (Fsp3) is 0.172. The van der Waals surface area contributed by atoms with E-state index in [1.807, 2.05) is 11.3 Å². The van der Waals surface area contributed by atoms with Crippen molar-refractivity contribution in [2.24, 2.45) is 0 Å². The molecule has 0 saturated carbocycles. The van der Waals surface area contributed by atoms with Gasteiger partial charge in [0, 0.05) is 9.75 Å². The van der Waals surface area contributed by atoms with Crippen molar-refractivity contribution in [2.45, 2.75) is 32.6 Å². The predicted molar refractivity (Wildman–Crippen MR) is 132 cm³/mol. The summed E-state index contributed by atoms with van der Waals surface area (Å²) in [6.07, 6.45) is 7.12. The number of aryl methyl sites for hydroxylation is 1. The average molecular weight is 407 g/mol. The first kappa shape index (κ1) is 19.1. The molecule has 1 aliphatic rings. The fourth-order valence-electron chi connectivity index (χ4n) is 4.28. The van der Waals surface area contributed by atoms with E-state index >= 15 is 0 Å². The van der Waals surface area contributed by atoms with Crippen LogP contribution >= 0.6 is 11.3 Å². The zero-order valence-corrected chi connectivity index (χ0v) is 18.2. The van der Waals surface area contributed by atoms with Gasteiger partial charge >= 0.3 is 0 Å². The van der Waals surface area contributed by atoms with Crippen LogP contribution in [0.15, 0.2) is 84.9 Å². The summed E-state index contributed by atoms with van der Waals surface area (Å²) in [6, 6.07) is 31.2. The quantitative estimate of drug-likeness (QED) is 0.301. The molecule has 3 aromatic carbocycles. The maximum absolute atomic E-state index is 2.41. The first-order valence-electron chi connectivity index (χ1n) is 10.9. The van der Waals surface area contributed by atoms with Crippen LogP contribution in [-0.4, -0.2) is 0 Å². The minimum absolute atomic E-state index is 1.02. The number of rotatable bonds is 6. The third kappa shape index (κ3) is 3.78. The van der Waals surface area contributed by atoms with E-state index in [4.69, 9.17) is 0 Å². The van der Waals surface area contributed by atoms with Crippen molar-refractivity contribution in [1.29, 1.82) is 0 Å². The molecule has 0 spiro atoms. The molecule has 4 aromatic rings. The van der Waals surface area contributed by atoms with Gasteiger partial charge in [0.05, 0.1) is 0 Å². The van der Waals surface area contributed by atoms with Gasteiger partial charge in [-0.1, -0.05) is 86.1 Å². The zero-order valence-electron chi connectivity index (χ0n) is 17.4. The molecule has 148 valence electrons. The molecular formula is C29H26S. The molecule has 5 rings (SSSR count). The highest BCUT2D eigenvalue weighted by Crippen LogP contribution is 2.41. The van der Waals surface area contributed by atoms with Crippen LogP contribution in [0.1, 0.15) is 41.3 Å². The molecule has 0 N–H and O–H groups in total. The largest absolute Gasteiger partial charge is 0.136 e. The lowest BCUT2D eigenvalue weighted by Gasteiger charge is -2.09. The van der Waals surface area contributed by atoms with Crippen LogP contribution in [0, 0.1) is 0 Å². The summed E-state index contributed by atoms with van der Waals surface area (Å²) in [6.45, 7) is 2.25. The Kier molecular flexibility index (Phi) is 5.38. The van der Waals surface area contributed by atoms with E-state index in [9.17, 15) is 0 Å². The van der Waals surface area contributed by atoms with E-state index in [-0.39, 0.29) is 0 Å². The van der Waals surface area contributed by atoms with Gasteiger partial charge in [0.1, 0.15) is 0 Å². The lowest BCUT2D eigenvalue weighted by atomic mass is 9.96. The summed E-state index contributed by atoms with van der Waals surface area (Å²) in [7, 11) is 0. The molecule has 1 heteroatoms. The van der Waals surface area contributed by atoms with Gasteiger partial charge in [0.25, 0.3) is 0 Å². The molecule has 0 atom stereocenters. The lowest BCUT2D eigenvalue weighted by molar-refractivity contribution is 0.795. The van der Waals surface area contributed by atoms with Crippen LogP contribution in [0.3, 0.4) is 0 Å². The molecule has 0 aliphatic heterocycles. The summed E-state index contributed by atoms with van der Waals surface area (Å²) in [5, 5.41) is 0. The van der Waals surface area contributed by atoms with Crippen molar-refractivity contribution < 1.29 is 0 Å². The summed E-state index contributed by atoms with van der Waals surface area (Å²) >= 11 is 1.90. The number of hydrogen-bond acceptors (Lipinski definition) is 1. The minimum atomic E-state index is 1.02. The van der Waals surface area contributed by atoms with Crippen LogP contribution in [-0.2, 0) is 12.8 Å². The molecule has 0 fully saturated rings. The Hall–Kier alpha value is -2.90. The molecule has 30 heavy (non-hydrogen) atoms. The third-order valence-electron chi connectivity index (χ3n) is 5.96. The molecular weight excluding hydrogens is 380 g/mol. The van der Waals surface area contributed by atoms with E-state index in [1.54, 1.807) is 0 Å². The van der Waals surface area contributed by atoms with Crippen molar-refractivity contribution in [2.75, 3.05) is 0 Å². The number of fused-ring (bicyclic) bond motifs is 1. The Morgan fingerprint density at radius 1 is 0.733 bits per heavy atom. The van der Waals surface area contributed by atoms with Crippen LogP contribution < -0.4 is 0 Å². The standard InChI is InChI=1S/C29H26S/c1-2-3-8-21-13-15-22(16-14-21)26-12-7-11-24-19-25(20-27(24)26)29-18-17-28(30-29)23-9-5-4-6-10-23/h4-7,9-18,20H,2-3,8,19H2,1H3. The van der Waals surface area contributed by atoms with Gasteiger partial charge in [0.2, 0.25) is 0 Å². The third-order valence-corrected chi connectivity index (χ3v) is 7.17. The smallest absolute Gasteiger partial charge is 0.0349 e. The van der Waals surface area contributed by atoms with Crippen LogP contribution in [0.2, 0.25) is 0 Å². The Labute approximate surface area is 183 Å². The highest BCUT2D eigenvalue weighted by Gasteiger charge is 2.19. The Balaban J connectivity index is 1.44. The SMILES string of the molecule is CCCCc1ccc(-c2cccc3c2C=C(c2ccc(-c4ccccc4)s2)C3)cc1.